The van der Waals surface area contributed by atoms with E-state index in [0.717, 1.165) is 0 Å². The Balaban J connectivity index is 3.52. The van der Waals surface area contributed by atoms with Crippen LogP contribution < -0.4 is 0 Å². The highest BCUT2D eigenvalue weighted by Gasteiger charge is 2.43. The van der Waals surface area contributed by atoms with Crippen molar-refractivity contribution in [1.82, 2.24) is 0 Å². The van der Waals surface area contributed by atoms with Gasteiger partial charge >= 0.3 is 11.9 Å². The molecule has 0 fully saturated rings. The summed E-state index contributed by atoms with van der Waals surface area (Å²) in [5.74, 6) is -4.12. The molecule has 1 aromatic carbocycles. The van der Waals surface area contributed by atoms with E-state index in [1.54, 1.807) is 0 Å². The topological polar surface area (TPSA) is 60.2 Å². The van der Waals surface area contributed by atoms with E-state index in [9.17, 15) is 32.5 Å². The molecule has 1 aromatic rings. The van der Waals surface area contributed by atoms with Crippen molar-refractivity contribution < 1.29 is 27.3 Å². The summed E-state index contributed by atoms with van der Waals surface area (Å²) in [6.45, 7) is 0. The maximum absolute atomic E-state index is 13.1. The monoisotopic (exact) mass is 271 g/mol. The zero-order valence-electron chi connectivity index (χ0n) is 7.72. The van der Waals surface area contributed by atoms with Crippen molar-refractivity contribution in [3.8, 4) is 0 Å². The first-order valence-electron chi connectivity index (χ1n) is 3.89. The third kappa shape index (κ3) is 2.70. The van der Waals surface area contributed by atoms with Gasteiger partial charge < -0.3 is 0 Å². The van der Waals surface area contributed by atoms with Gasteiger partial charge in [0.2, 0.25) is 5.82 Å². The molecule has 0 N–H and O–H groups in total. The summed E-state index contributed by atoms with van der Waals surface area (Å²) >= 11 is 5.24. The Morgan fingerprint density at radius 2 is 1.88 bits per heavy atom. The van der Waals surface area contributed by atoms with Gasteiger partial charge in [-0.05, 0) is 12.1 Å². The maximum atomic E-state index is 13.1. The van der Waals surface area contributed by atoms with E-state index in [0.29, 0.717) is 12.1 Å². The molecular formula is C8H2ClF4NO3. The quantitative estimate of drug-likeness (QED) is 0.359. The predicted molar refractivity (Wildman–Crippen MR) is 48.4 cm³/mol. The van der Waals surface area contributed by atoms with Crippen LogP contribution in [0.1, 0.15) is 10.4 Å². The fourth-order valence-electron chi connectivity index (χ4n) is 1.08. The van der Waals surface area contributed by atoms with Gasteiger partial charge in [-0.15, -0.1) is 0 Å². The van der Waals surface area contributed by atoms with Crippen molar-refractivity contribution >= 4 is 23.1 Å². The van der Waals surface area contributed by atoms with Gasteiger partial charge in [0.25, 0.3) is 5.78 Å². The Labute approximate surface area is 95.9 Å². The summed E-state index contributed by atoms with van der Waals surface area (Å²) in [6, 6.07) is 0.853. The summed E-state index contributed by atoms with van der Waals surface area (Å²) < 4.78 is 49.4. The fraction of sp³-hybridized carbons (Fsp3) is 0.125. The van der Waals surface area contributed by atoms with E-state index < -0.39 is 39.0 Å². The number of alkyl halides is 3. The predicted octanol–water partition coefficient (Wildman–Crippen LogP) is 3.13. The largest absolute Gasteiger partial charge is 0.455 e. The van der Waals surface area contributed by atoms with Gasteiger partial charge in [-0.2, -0.15) is 17.6 Å². The smallest absolute Gasteiger partial charge is 0.284 e. The molecule has 9 heteroatoms. The second-order valence-electron chi connectivity index (χ2n) is 2.87. The number of carbonyl (C=O) groups excluding carboxylic acids is 1. The lowest BCUT2D eigenvalue weighted by Crippen LogP contribution is -2.24. The first kappa shape index (κ1) is 13.4. The number of benzene rings is 1. The van der Waals surface area contributed by atoms with Gasteiger partial charge in [0.1, 0.15) is 5.56 Å². The molecular weight excluding hydrogens is 270 g/mol. The van der Waals surface area contributed by atoms with Crippen LogP contribution in [0.15, 0.2) is 12.1 Å². The minimum absolute atomic E-state index is 0.401. The molecule has 0 amide bonds. The standard InChI is InChI=1S/C8H2ClF4NO3/c9-3-1-4(7(15)8(11,12)13)6(14(16)17)5(10)2-3/h1-2H. The van der Waals surface area contributed by atoms with Crippen LogP contribution in [0.2, 0.25) is 5.02 Å². The number of hydrogen-bond acceptors (Lipinski definition) is 3. The number of nitro benzene ring substituents is 1. The lowest BCUT2D eigenvalue weighted by molar-refractivity contribution is -0.387. The average molecular weight is 272 g/mol. The lowest BCUT2D eigenvalue weighted by Gasteiger charge is -2.06. The van der Waals surface area contributed by atoms with Crippen molar-refractivity contribution in [3.63, 3.8) is 0 Å². The van der Waals surface area contributed by atoms with Crippen molar-refractivity contribution in [2.45, 2.75) is 6.18 Å². The summed E-state index contributed by atoms with van der Waals surface area (Å²) in [5.41, 5.74) is -2.97. The number of Topliss-reactive ketones (excluding diaryl/α,β-unsaturated/α-hetero) is 1. The molecule has 0 aliphatic carbocycles. The molecule has 0 aliphatic rings. The van der Waals surface area contributed by atoms with Gasteiger partial charge in [-0.1, -0.05) is 11.6 Å². The van der Waals surface area contributed by atoms with Crippen LogP contribution in [0.3, 0.4) is 0 Å². The Bertz CT molecular complexity index is 500. The number of halogens is 5. The minimum Gasteiger partial charge on any atom is -0.284 e. The molecule has 0 atom stereocenters. The summed E-state index contributed by atoms with van der Waals surface area (Å²) in [5, 5.41) is 9.85. The number of nitro groups is 1. The number of carbonyl (C=O) groups is 1. The zero-order valence-corrected chi connectivity index (χ0v) is 8.47. The maximum Gasteiger partial charge on any atom is 0.455 e. The molecule has 0 aliphatic heterocycles. The van der Waals surface area contributed by atoms with Crippen LogP contribution in [0.4, 0.5) is 23.2 Å². The molecule has 0 aromatic heterocycles. The molecule has 0 saturated carbocycles. The molecule has 92 valence electrons. The van der Waals surface area contributed by atoms with Crippen molar-refractivity contribution in [1.29, 1.82) is 0 Å². The van der Waals surface area contributed by atoms with Crippen molar-refractivity contribution in [2.24, 2.45) is 0 Å². The summed E-state index contributed by atoms with van der Waals surface area (Å²) in [6.07, 6.45) is -5.35. The molecule has 0 bridgehead atoms. The van der Waals surface area contributed by atoms with Gasteiger partial charge in [-0.3, -0.25) is 14.9 Å². The van der Waals surface area contributed by atoms with E-state index in [1.165, 1.54) is 0 Å². The molecule has 0 radical (unpaired) electrons. The minimum atomic E-state index is -5.35. The second kappa shape index (κ2) is 4.28. The van der Waals surface area contributed by atoms with E-state index in [2.05, 4.69) is 0 Å². The van der Waals surface area contributed by atoms with Gasteiger partial charge in [0, 0.05) is 5.02 Å². The van der Waals surface area contributed by atoms with Gasteiger partial charge in [0.15, 0.2) is 0 Å². The van der Waals surface area contributed by atoms with Gasteiger partial charge in [0.05, 0.1) is 4.92 Å². The van der Waals surface area contributed by atoms with Crippen LogP contribution in [0.5, 0.6) is 0 Å². The van der Waals surface area contributed by atoms with Crippen LogP contribution >= 0.6 is 11.6 Å². The molecule has 0 saturated heterocycles. The van der Waals surface area contributed by atoms with Crippen LogP contribution in [0.25, 0.3) is 0 Å². The van der Waals surface area contributed by atoms with Gasteiger partial charge in [-0.25, -0.2) is 0 Å². The van der Waals surface area contributed by atoms with Crippen LogP contribution in [-0.4, -0.2) is 16.9 Å². The number of rotatable bonds is 2. The zero-order chi connectivity index (χ0) is 13.4. The Morgan fingerprint density at radius 3 is 2.29 bits per heavy atom. The van der Waals surface area contributed by atoms with E-state index >= 15 is 0 Å². The van der Waals surface area contributed by atoms with Crippen LogP contribution in [0, 0.1) is 15.9 Å². The molecule has 4 nitrogen and oxygen atoms in total. The number of nitrogens with zero attached hydrogens (tertiary/aromatic N) is 1. The SMILES string of the molecule is O=C(c1cc(Cl)cc(F)c1[N+](=O)[O-])C(F)(F)F. The molecule has 0 spiro atoms. The molecule has 0 unspecified atom stereocenters. The Hall–Kier alpha value is -1.70. The number of hydrogen-bond donors (Lipinski definition) is 0. The third-order valence-corrected chi connectivity index (χ3v) is 1.93. The molecule has 1 rings (SSSR count). The first-order valence-corrected chi connectivity index (χ1v) is 4.27. The van der Waals surface area contributed by atoms with E-state index in [-0.39, 0.29) is 0 Å². The Morgan fingerprint density at radius 1 is 1.35 bits per heavy atom. The van der Waals surface area contributed by atoms with E-state index in [4.69, 9.17) is 11.6 Å². The Kier molecular flexibility index (Phi) is 3.37. The lowest BCUT2D eigenvalue weighted by atomic mass is 10.1. The average Bonchev–Trinajstić information content (AvgIpc) is 2.12. The number of ketones is 1. The molecule has 0 heterocycles. The highest BCUT2D eigenvalue weighted by molar-refractivity contribution is 6.31. The second-order valence-corrected chi connectivity index (χ2v) is 3.30. The summed E-state index contributed by atoms with van der Waals surface area (Å²) in [7, 11) is 0. The van der Waals surface area contributed by atoms with Crippen molar-refractivity contribution in [3.05, 3.63) is 38.7 Å². The highest BCUT2D eigenvalue weighted by atomic mass is 35.5. The first-order chi connectivity index (χ1) is 7.64. The van der Waals surface area contributed by atoms with Crippen molar-refractivity contribution in [2.75, 3.05) is 0 Å². The fourth-order valence-corrected chi connectivity index (χ4v) is 1.28. The van der Waals surface area contributed by atoms with E-state index in [1.807, 2.05) is 0 Å². The van der Waals surface area contributed by atoms with Crippen LogP contribution in [-0.2, 0) is 0 Å². The summed E-state index contributed by atoms with van der Waals surface area (Å²) in [4.78, 5) is 19.8. The normalized spacial score (nSPS) is 11.4. The highest BCUT2D eigenvalue weighted by Crippen LogP contribution is 2.31. The third-order valence-electron chi connectivity index (χ3n) is 1.71. The molecule has 17 heavy (non-hydrogen) atoms.